The maximum atomic E-state index is 13.1. The van der Waals surface area contributed by atoms with E-state index in [2.05, 4.69) is 5.32 Å². The van der Waals surface area contributed by atoms with Gasteiger partial charge in [-0.05, 0) is 42.7 Å². The van der Waals surface area contributed by atoms with Crippen LogP contribution in [0.1, 0.15) is 40.2 Å². The predicted molar refractivity (Wildman–Crippen MR) is 91.1 cm³/mol. The van der Waals surface area contributed by atoms with Gasteiger partial charge in [-0.2, -0.15) is 13.2 Å². The molecule has 0 aromatic heterocycles. The zero-order chi connectivity index (χ0) is 18.2. The van der Waals surface area contributed by atoms with Crippen LogP contribution in [0.2, 0.25) is 10.0 Å². The van der Waals surface area contributed by atoms with Crippen LogP contribution in [-0.4, -0.2) is 11.9 Å². The summed E-state index contributed by atoms with van der Waals surface area (Å²) in [6.45, 7) is 0. The minimum Gasteiger partial charge on any atom is -0.349 e. The highest BCUT2D eigenvalue weighted by Crippen LogP contribution is 2.43. The maximum absolute atomic E-state index is 13.1. The van der Waals surface area contributed by atoms with Crippen LogP contribution >= 0.6 is 23.2 Å². The Balaban J connectivity index is 1.81. The first-order chi connectivity index (χ1) is 11.8. The summed E-state index contributed by atoms with van der Waals surface area (Å²) in [6, 6.07) is 9.58. The average Bonchev–Trinajstić information content (AvgIpc) is 2.54. The molecule has 2 atom stereocenters. The SMILES string of the molecule is O=C(N[C@@H]1CC[C@@H]1c1c(Cl)cccc1Cl)c1ccccc1C(F)(F)F. The Morgan fingerprint density at radius 2 is 1.64 bits per heavy atom. The van der Waals surface area contributed by atoms with Crippen LogP contribution < -0.4 is 5.32 Å². The van der Waals surface area contributed by atoms with Gasteiger partial charge in [0.1, 0.15) is 0 Å². The molecular weight excluding hydrogens is 374 g/mol. The number of benzene rings is 2. The molecule has 0 radical (unpaired) electrons. The maximum Gasteiger partial charge on any atom is 0.417 e. The van der Waals surface area contributed by atoms with Gasteiger partial charge in [-0.15, -0.1) is 0 Å². The monoisotopic (exact) mass is 387 g/mol. The molecule has 7 heteroatoms. The molecule has 0 saturated heterocycles. The Bertz CT molecular complexity index is 787. The third-order valence-corrected chi connectivity index (χ3v) is 5.10. The summed E-state index contributed by atoms with van der Waals surface area (Å²) in [6.07, 6.45) is -3.17. The van der Waals surface area contributed by atoms with E-state index in [0.29, 0.717) is 16.5 Å². The molecule has 0 bridgehead atoms. The Kier molecular flexibility index (Phi) is 4.98. The first-order valence-electron chi connectivity index (χ1n) is 7.70. The van der Waals surface area contributed by atoms with Gasteiger partial charge >= 0.3 is 6.18 Å². The quantitative estimate of drug-likeness (QED) is 0.719. The average molecular weight is 388 g/mol. The van der Waals surface area contributed by atoms with Crippen LogP contribution in [0.25, 0.3) is 0 Å². The summed E-state index contributed by atoms with van der Waals surface area (Å²) in [7, 11) is 0. The van der Waals surface area contributed by atoms with Crippen LogP contribution in [-0.2, 0) is 6.18 Å². The molecule has 0 heterocycles. The molecule has 1 saturated carbocycles. The number of hydrogen-bond donors (Lipinski definition) is 1. The second-order valence-corrected chi connectivity index (χ2v) is 6.76. The summed E-state index contributed by atoms with van der Waals surface area (Å²) in [5.74, 6) is -0.853. The van der Waals surface area contributed by atoms with Crippen LogP contribution in [0.15, 0.2) is 42.5 Å². The van der Waals surface area contributed by atoms with Crippen molar-refractivity contribution in [2.45, 2.75) is 31.0 Å². The van der Waals surface area contributed by atoms with E-state index >= 15 is 0 Å². The van der Waals surface area contributed by atoms with E-state index in [4.69, 9.17) is 23.2 Å². The van der Waals surface area contributed by atoms with E-state index in [1.54, 1.807) is 18.2 Å². The summed E-state index contributed by atoms with van der Waals surface area (Å²) < 4.78 is 39.2. The van der Waals surface area contributed by atoms with Gasteiger partial charge in [0.05, 0.1) is 11.1 Å². The van der Waals surface area contributed by atoms with Crippen molar-refractivity contribution >= 4 is 29.1 Å². The molecular formula is C18H14Cl2F3NO. The summed E-state index contributed by atoms with van der Waals surface area (Å²) >= 11 is 12.4. The number of halogens is 5. The van der Waals surface area contributed by atoms with Crippen molar-refractivity contribution in [3.63, 3.8) is 0 Å². The van der Waals surface area contributed by atoms with Crippen LogP contribution in [0, 0.1) is 0 Å². The highest BCUT2D eigenvalue weighted by molar-refractivity contribution is 6.36. The molecule has 0 aliphatic heterocycles. The molecule has 1 fully saturated rings. The second kappa shape index (κ2) is 6.89. The van der Waals surface area contributed by atoms with Crippen molar-refractivity contribution in [2.75, 3.05) is 0 Å². The van der Waals surface area contributed by atoms with Crippen molar-refractivity contribution in [1.82, 2.24) is 5.32 Å². The molecule has 3 rings (SSSR count). The van der Waals surface area contributed by atoms with E-state index in [1.165, 1.54) is 18.2 Å². The zero-order valence-electron chi connectivity index (χ0n) is 12.9. The normalized spacial score (nSPS) is 20.0. The number of nitrogens with one attached hydrogen (secondary N) is 1. The number of alkyl halides is 3. The summed E-state index contributed by atoms with van der Waals surface area (Å²) in [5.41, 5.74) is -0.600. The Hall–Kier alpha value is -1.72. The Labute approximate surface area is 152 Å². The van der Waals surface area contributed by atoms with Gasteiger partial charge in [0.25, 0.3) is 5.91 Å². The minimum absolute atomic E-state index is 0.108. The van der Waals surface area contributed by atoms with E-state index < -0.39 is 17.6 Å². The predicted octanol–water partition coefficient (Wildman–Crippen LogP) is 5.69. The molecule has 2 nitrogen and oxygen atoms in total. The highest BCUT2D eigenvalue weighted by Gasteiger charge is 2.38. The third kappa shape index (κ3) is 3.62. The van der Waals surface area contributed by atoms with Gasteiger partial charge in [-0.25, -0.2) is 0 Å². The van der Waals surface area contributed by atoms with Crippen LogP contribution in [0.5, 0.6) is 0 Å². The molecule has 1 aliphatic carbocycles. The van der Waals surface area contributed by atoms with E-state index in [-0.39, 0.29) is 17.5 Å². The van der Waals surface area contributed by atoms with Gasteiger partial charge in [0.2, 0.25) is 0 Å². The lowest BCUT2D eigenvalue weighted by atomic mass is 9.75. The van der Waals surface area contributed by atoms with Gasteiger partial charge in [0.15, 0.2) is 0 Å². The zero-order valence-corrected chi connectivity index (χ0v) is 14.4. The molecule has 1 aliphatic rings. The van der Waals surface area contributed by atoms with Gasteiger partial charge in [-0.1, -0.05) is 41.4 Å². The van der Waals surface area contributed by atoms with Crippen LogP contribution in [0.4, 0.5) is 13.2 Å². The van der Waals surface area contributed by atoms with Gasteiger partial charge in [-0.3, -0.25) is 4.79 Å². The number of amides is 1. The molecule has 1 amide bonds. The molecule has 2 aromatic carbocycles. The fourth-order valence-electron chi connectivity index (χ4n) is 3.06. The Morgan fingerprint density at radius 3 is 2.20 bits per heavy atom. The molecule has 2 aromatic rings. The van der Waals surface area contributed by atoms with Gasteiger partial charge < -0.3 is 5.32 Å². The van der Waals surface area contributed by atoms with Crippen LogP contribution in [0.3, 0.4) is 0 Å². The fourth-order valence-corrected chi connectivity index (χ4v) is 3.74. The number of rotatable bonds is 3. The van der Waals surface area contributed by atoms with Crippen molar-refractivity contribution in [2.24, 2.45) is 0 Å². The van der Waals surface area contributed by atoms with Crippen molar-refractivity contribution < 1.29 is 18.0 Å². The molecule has 0 spiro atoms. The fraction of sp³-hybridized carbons (Fsp3) is 0.278. The first kappa shape index (κ1) is 18.1. The Morgan fingerprint density at radius 1 is 1.00 bits per heavy atom. The first-order valence-corrected chi connectivity index (χ1v) is 8.45. The topological polar surface area (TPSA) is 29.1 Å². The summed E-state index contributed by atoms with van der Waals surface area (Å²) in [4.78, 5) is 12.4. The molecule has 25 heavy (non-hydrogen) atoms. The smallest absolute Gasteiger partial charge is 0.349 e. The second-order valence-electron chi connectivity index (χ2n) is 5.94. The van der Waals surface area contributed by atoms with Gasteiger partial charge in [0, 0.05) is 22.0 Å². The van der Waals surface area contributed by atoms with Crippen molar-refractivity contribution in [3.8, 4) is 0 Å². The lowest BCUT2D eigenvalue weighted by molar-refractivity contribution is -0.137. The third-order valence-electron chi connectivity index (χ3n) is 4.44. The molecule has 132 valence electrons. The van der Waals surface area contributed by atoms with Crippen molar-refractivity contribution in [3.05, 3.63) is 69.2 Å². The lowest BCUT2D eigenvalue weighted by Gasteiger charge is -2.38. The highest BCUT2D eigenvalue weighted by atomic mass is 35.5. The summed E-state index contributed by atoms with van der Waals surface area (Å²) in [5, 5.41) is 3.68. The number of carbonyl (C=O) groups excluding carboxylic acids is 1. The number of carbonyl (C=O) groups is 1. The molecule has 1 N–H and O–H groups in total. The standard InChI is InChI=1S/C18H14Cl2F3NO/c19-13-6-3-7-14(20)16(13)11-8-9-15(11)24-17(25)10-4-1-2-5-12(10)18(21,22)23/h1-7,11,15H,8-9H2,(H,24,25)/t11-,15+/m0/s1. The lowest BCUT2D eigenvalue weighted by Crippen LogP contribution is -2.46. The minimum atomic E-state index is -4.58. The largest absolute Gasteiger partial charge is 0.417 e. The molecule has 0 unspecified atom stereocenters. The van der Waals surface area contributed by atoms with E-state index in [0.717, 1.165) is 18.1 Å². The van der Waals surface area contributed by atoms with E-state index in [9.17, 15) is 18.0 Å². The number of hydrogen-bond acceptors (Lipinski definition) is 1. The van der Waals surface area contributed by atoms with E-state index in [1.807, 2.05) is 0 Å². The van der Waals surface area contributed by atoms with Crippen molar-refractivity contribution in [1.29, 1.82) is 0 Å².